The summed E-state index contributed by atoms with van der Waals surface area (Å²) in [7, 11) is 0. The van der Waals surface area contributed by atoms with Crippen molar-refractivity contribution in [2.24, 2.45) is 5.92 Å². The summed E-state index contributed by atoms with van der Waals surface area (Å²) in [5.74, 6) is 0.359. The lowest BCUT2D eigenvalue weighted by Gasteiger charge is -2.31. The van der Waals surface area contributed by atoms with Crippen LogP contribution in [0.5, 0.6) is 0 Å². The summed E-state index contributed by atoms with van der Waals surface area (Å²) >= 11 is 0. The van der Waals surface area contributed by atoms with E-state index in [1.165, 1.54) is 0 Å². The molecular formula is C16H21NO2. The van der Waals surface area contributed by atoms with E-state index in [0.29, 0.717) is 18.5 Å². The summed E-state index contributed by atoms with van der Waals surface area (Å²) in [4.78, 5) is 26.3. The van der Waals surface area contributed by atoms with Crippen molar-refractivity contribution in [3.63, 3.8) is 0 Å². The molecule has 1 heterocycles. The number of hydrogen-bond donors (Lipinski definition) is 0. The number of amides is 1. The number of benzene rings is 1. The number of anilines is 1. The Labute approximate surface area is 114 Å². The molecule has 0 saturated carbocycles. The second kappa shape index (κ2) is 5.55. The molecule has 0 fully saturated rings. The van der Waals surface area contributed by atoms with E-state index in [0.717, 1.165) is 24.1 Å². The summed E-state index contributed by atoms with van der Waals surface area (Å²) in [6.07, 6.45) is 2.13. The van der Waals surface area contributed by atoms with Gasteiger partial charge in [-0.3, -0.25) is 9.59 Å². The molecule has 0 spiro atoms. The number of rotatable bonds is 3. The first kappa shape index (κ1) is 13.8. The van der Waals surface area contributed by atoms with Crippen molar-refractivity contribution in [2.75, 3.05) is 11.4 Å². The van der Waals surface area contributed by atoms with Gasteiger partial charge in [0.1, 0.15) is 0 Å². The Hall–Kier alpha value is -1.64. The maximum absolute atomic E-state index is 12.5. The Bertz CT molecular complexity index is 503. The molecular weight excluding hydrogens is 238 g/mol. The van der Waals surface area contributed by atoms with Gasteiger partial charge < -0.3 is 4.90 Å². The average Bonchev–Trinajstić information content (AvgIpc) is 2.41. The normalized spacial score (nSPS) is 14.7. The molecule has 0 bridgehead atoms. The lowest BCUT2D eigenvalue weighted by molar-refractivity contribution is -0.122. The number of carbonyl (C=O) groups excluding carboxylic acids is 2. The number of fused-ring (bicyclic) bond motifs is 1. The maximum atomic E-state index is 12.5. The number of nitrogens with zero attached hydrogens (tertiary/aromatic N) is 1. The Kier molecular flexibility index (Phi) is 4.03. The van der Waals surface area contributed by atoms with Crippen LogP contribution in [0.2, 0.25) is 0 Å². The third kappa shape index (κ3) is 2.55. The van der Waals surface area contributed by atoms with Crippen molar-refractivity contribution in [1.82, 2.24) is 0 Å². The van der Waals surface area contributed by atoms with Crippen molar-refractivity contribution >= 4 is 17.4 Å². The van der Waals surface area contributed by atoms with E-state index < -0.39 is 0 Å². The van der Waals surface area contributed by atoms with E-state index in [4.69, 9.17) is 0 Å². The first-order valence-electron chi connectivity index (χ1n) is 7.03. The van der Waals surface area contributed by atoms with Gasteiger partial charge in [0.2, 0.25) is 5.91 Å². The number of Topliss-reactive ketones (excluding diaryl/α,β-unsaturated/α-hetero) is 1. The van der Waals surface area contributed by atoms with Gasteiger partial charge in [0.15, 0.2) is 5.78 Å². The first-order valence-corrected chi connectivity index (χ1v) is 7.03. The maximum Gasteiger partial charge on any atom is 0.230 e. The van der Waals surface area contributed by atoms with Crippen LogP contribution in [0.15, 0.2) is 18.2 Å². The van der Waals surface area contributed by atoms with Crippen molar-refractivity contribution < 1.29 is 9.59 Å². The van der Waals surface area contributed by atoms with Gasteiger partial charge in [0.05, 0.1) is 5.69 Å². The van der Waals surface area contributed by atoms with Crippen molar-refractivity contribution in [2.45, 2.75) is 40.0 Å². The molecule has 102 valence electrons. The van der Waals surface area contributed by atoms with Crippen LogP contribution in [-0.2, 0) is 4.79 Å². The van der Waals surface area contributed by atoms with Gasteiger partial charge in [0.25, 0.3) is 0 Å². The number of hydrogen-bond acceptors (Lipinski definition) is 2. The lowest BCUT2D eigenvalue weighted by Crippen LogP contribution is -2.40. The largest absolute Gasteiger partial charge is 0.311 e. The molecule has 0 aliphatic carbocycles. The molecule has 0 unspecified atom stereocenters. The summed E-state index contributed by atoms with van der Waals surface area (Å²) in [6.45, 7) is 6.56. The van der Waals surface area contributed by atoms with Gasteiger partial charge in [-0.1, -0.05) is 25.5 Å². The zero-order valence-electron chi connectivity index (χ0n) is 11.9. The molecule has 0 atom stereocenters. The van der Waals surface area contributed by atoms with E-state index in [2.05, 4.69) is 0 Å². The van der Waals surface area contributed by atoms with Crippen LogP contribution in [0.4, 0.5) is 5.69 Å². The molecule has 0 aromatic heterocycles. The number of ketones is 1. The van der Waals surface area contributed by atoms with E-state index in [1.807, 2.05) is 39.0 Å². The zero-order chi connectivity index (χ0) is 14.0. The van der Waals surface area contributed by atoms with Crippen LogP contribution in [0.25, 0.3) is 0 Å². The topological polar surface area (TPSA) is 37.4 Å². The zero-order valence-corrected chi connectivity index (χ0v) is 11.9. The highest BCUT2D eigenvalue weighted by Gasteiger charge is 2.30. The van der Waals surface area contributed by atoms with Gasteiger partial charge in [0, 0.05) is 24.4 Å². The van der Waals surface area contributed by atoms with Gasteiger partial charge in [-0.15, -0.1) is 0 Å². The quantitative estimate of drug-likeness (QED) is 0.834. The molecule has 1 aliphatic heterocycles. The highest BCUT2D eigenvalue weighted by atomic mass is 16.2. The van der Waals surface area contributed by atoms with E-state index in [-0.39, 0.29) is 17.6 Å². The van der Waals surface area contributed by atoms with Crippen molar-refractivity contribution in [1.29, 1.82) is 0 Å². The van der Waals surface area contributed by atoms with Crippen LogP contribution < -0.4 is 4.90 Å². The molecule has 0 N–H and O–H groups in total. The lowest BCUT2D eigenvalue weighted by atomic mass is 9.95. The third-order valence-electron chi connectivity index (χ3n) is 3.91. The molecule has 1 amide bonds. The van der Waals surface area contributed by atoms with Crippen LogP contribution in [0, 0.1) is 12.8 Å². The van der Waals surface area contributed by atoms with Crippen molar-refractivity contribution in [3.05, 3.63) is 29.3 Å². The number of carbonyl (C=O) groups is 2. The standard InChI is InChI=1S/C16H21NO2/c1-4-12(5-2)16(19)17-9-8-15(18)13-10-11(3)6-7-14(13)17/h6-7,10,12H,4-5,8-9H2,1-3H3. The van der Waals surface area contributed by atoms with Crippen LogP contribution in [0.3, 0.4) is 0 Å². The van der Waals surface area contributed by atoms with Crippen LogP contribution in [-0.4, -0.2) is 18.2 Å². The number of aryl methyl sites for hydroxylation is 1. The molecule has 0 radical (unpaired) electrons. The fourth-order valence-corrected chi connectivity index (χ4v) is 2.66. The minimum Gasteiger partial charge on any atom is -0.311 e. The molecule has 19 heavy (non-hydrogen) atoms. The molecule has 3 nitrogen and oxygen atoms in total. The van der Waals surface area contributed by atoms with Crippen LogP contribution >= 0.6 is 0 Å². The molecule has 1 aliphatic rings. The predicted molar refractivity (Wildman–Crippen MR) is 76.6 cm³/mol. The monoisotopic (exact) mass is 259 g/mol. The molecule has 1 aromatic rings. The second-order valence-electron chi connectivity index (χ2n) is 5.20. The Morgan fingerprint density at radius 1 is 1.32 bits per heavy atom. The van der Waals surface area contributed by atoms with Gasteiger partial charge >= 0.3 is 0 Å². The summed E-state index contributed by atoms with van der Waals surface area (Å²) < 4.78 is 0. The molecule has 0 saturated heterocycles. The smallest absolute Gasteiger partial charge is 0.230 e. The highest BCUT2D eigenvalue weighted by molar-refractivity contribution is 6.09. The van der Waals surface area contributed by atoms with E-state index in [9.17, 15) is 9.59 Å². The Balaban J connectivity index is 2.38. The molecule has 1 aromatic carbocycles. The van der Waals surface area contributed by atoms with Crippen LogP contribution in [0.1, 0.15) is 49.0 Å². The SMILES string of the molecule is CCC(CC)C(=O)N1CCC(=O)c2cc(C)ccc21. The minimum atomic E-state index is 0.0577. The first-order chi connectivity index (χ1) is 9.08. The van der Waals surface area contributed by atoms with Gasteiger partial charge in [-0.05, 0) is 31.9 Å². The predicted octanol–water partition coefficient (Wildman–Crippen LogP) is 3.35. The molecule has 2 rings (SSSR count). The second-order valence-corrected chi connectivity index (χ2v) is 5.20. The van der Waals surface area contributed by atoms with E-state index in [1.54, 1.807) is 4.90 Å². The highest BCUT2D eigenvalue weighted by Crippen LogP contribution is 2.30. The fourth-order valence-electron chi connectivity index (χ4n) is 2.66. The molecule has 3 heteroatoms. The third-order valence-corrected chi connectivity index (χ3v) is 3.91. The Morgan fingerprint density at radius 2 is 2.00 bits per heavy atom. The Morgan fingerprint density at radius 3 is 2.63 bits per heavy atom. The summed E-state index contributed by atoms with van der Waals surface area (Å²) in [6, 6.07) is 5.76. The van der Waals surface area contributed by atoms with Crippen molar-refractivity contribution in [3.8, 4) is 0 Å². The fraction of sp³-hybridized carbons (Fsp3) is 0.500. The minimum absolute atomic E-state index is 0.0577. The average molecular weight is 259 g/mol. The van der Waals surface area contributed by atoms with Gasteiger partial charge in [-0.25, -0.2) is 0 Å². The summed E-state index contributed by atoms with van der Waals surface area (Å²) in [5.41, 5.74) is 2.55. The summed E-state index contributed by atoms with van der Waals surface area (Å²) in [5, 5.41) is 0. The van der Waals surface area contributed by atoms with Gasteiger partial charge in [-0.2, -0.15) is 0 Å². The van der Waals surface area contributed by atoms with E-state index >= 15 is 0 Å².